The molecular formula is C31H30N2O5. The predicted octanol–water partition coefficient (Wildman–Crippen LogP) is 5.78. The number of benzene rings is 4. The van der Waals surface area contributed by atoms with Crippen molar-refractivity contribution in [2.24, 2.45) is 0 Å². The molecule has 194 valence electrons. The quantitative estimate of drug-likeness (QED) is 0.282. The number of aromatic hydroxyl groups is 1. The highest BCUT2D eigenvalue weighted by molar-refractivity contribution is 5.94. The average Bonchev–Trinajstić information content (AvgIpc) is 2.93. The van der Waals surface area contributed by atoms with Crippen molar-refractivity contribution in [2.75, 3.05) is 12.4 Å². The summed E-state index contributed by atoms with van der Waals surface area (Å²) in [6.07, 6.45) is 0. The predicted molar refractivity (Wildman–Crippen MR) is 146 cm³/mol. The van der Waals surface area contributed by atoms with Crippen LogP contribution in [0.15, 0.2) is 97.1 Å². The van der Waals surface area contributed by atoms with Crippen molar-refractivity contribution in [1.29, 1.82) is 0 Å². The van der Waals surface area contributed by atoms with Crippen LogP contribution in [0.3, 0.4) is 0 Å². The Balaban J connectivity index is 1.53. The number of phenolic OH excluding ortho intramolecular Hbond substituents is 1. The molecule has 0 aliphatic heterocycles. The normalized spacial score (nSPS) is 10.5. The molecule has 0 heterocycles. The molecule has 2 amide bonds. The Hall–Kier alpha value is -4.78. The van der Waals surface area contributed by atoms with E-state index in [1.165, 1.54) is 19.1 Å². The molecule has 38 heavy (non-hydrogen) atoms. The number of nitrogens with one attached hydrogen (secondary N) is 1. The van der Waals surface area contributed by atoms with Gasteiger partial charge in [-0.2, -0.15) is 0 Å². The third kappa shape index (κ3) is 7.13. The standard InChI is InChI=1S/C31H30N2O5/c1-22(34)32-27-11-15-29(16-12-27)38-21-26-18-24(8-17-30(26)37-2)20-33(19-23-6-4-3-5-7-23)31(36)25-9-13-28(35)14-10-25/h3-18,35H,19-21H2,1-2H3,(H,32,34). The second kappa shape index (κ2) is 12.5. The summed E-state index contributed by atoms with van der Waals surface area (Å²) in [4.78, 5) is 26.5. The molecule has 4 aromatic carbocycles. The van der Waals surface area contributed by atoms with Crippen LogP contribution in [0, 0.1) is 0 Å². The minimum absolute atomic E-state index is 0.112. The number of ether oxygens (including phenoxy) is 2. The van der Waals surface area contributed by atoms with E-state index in [1.54, 1.807) is 48.4 Å². The van der Waals surface area contributed by atoms with Crippen molar-refractivity contribution in [2.45, 2.75) is 26.6 Å². The molecule has 0 aliphatic rings. The summed E-state index contributed by atoms with van der Waals surface area (Å²) in [7, 11) is 1.61. The van der Waals surface area contributed by atoms with E-state index >= 15 is 0 Å². The molecule has 0 spiro atoms. The summed E-state index contributed by atoms with van der Waals surface area (Å²) >= 11 is 0. The smallest absolute Gasteiger partial charge is 0.254 e. The van der Waals surface area contributed by atoms with Gasteiger partial charge in [-0.3, -0.25) is 9.59 Å². The zero-order valence-electron chi connectivity index (χ0n) is 21.4. The van der Waals surface area contributed by atoms with Crippen LogP contribution in [-0.4, -0.2) is 28.9 Å². The molecule has 4 aromatic rings. The lowest BCUT2D eigenvalue weighted by Gasteiger charge is -2.24. The number of hydrogen-bond acceptors (Lipinski definition) is 5. The maximum Gasteiger partial charge on any atom is 0.254 e. The summed E-state index contributed by atoms with van der Waals surface area (Å²) in [6, 6.07) is 29.0. The minimum atomic E-state index is -0.137. The number of nitrogens with zero attached hydrogens (tertiary/aromatic N) is 1. The number of rotatable bonds is 10. The van der Waals surface area contributed by atoms with E-state index in [2.05, 4.69) is 5.32 Å². The second-order valence-electron chi connectivity index (χ2n) is 8.83. The Morgan fingerprint density at radius 1 is 0.842 bits per heavy atom. The van der Waals surface area contributed by atoms with Gasteiger partial charge in [-0.05, 0) is 71.8 Å². The molecule has 2 N–H and O–H groups in total. The highest BCUT2D eigenvalue weighted by Gasteiger charge is 2.18. The molecular weight excluding hydrogens is 480 g/mol. The average molecular weight is 511 g/mol. The number of carbonyl (C=O) groups is 2. The molecule has 0 aliphatic carbocycles. The van der Waals surface area contributed by atoms with Gasteiger partial charge in [0.1, 0.15) is 23.9 Å². The lowest BCUT2D eigenvalue weighted by Crippen LogP contribution is -2.30. The molecule has 7 nitrogen and oxygen atoms in total. The molecule has 0 radical (unpaired) electrons. The Labute approximate surface area is 222 Å². The van der Waals surface area contributed by atoms with Gasteiger partial charge in [-0.15, -0.1) is 0 Å². The fourth-order valence-electron chi connectivity index (χ4n) is 4.05. The monoisotopic (exact) mass is 510 g/mol. The van der Waals surface area contributed by atoms with E-state index in [0.717, 1.165) is 16.7 Å². The van der Waals surface area contributed by atoms with Crippen LogP contribution in [0.2, 0.25) is 0 Å². The summed E-state index contributed by atoms with van der Waals surface area (Å²) in [6.45, 7) is 2.53. The van der Waals surface area contributed by atoms with Crippen molar-refractivity contribution in [3.8, 4) is 17.2 Å². The first kappa shape index (κ1) is 26.3. The summed E-state index contributed by atoms with van der Waals surface area (Å²) in [5, 5.41) is 12.4. The van der Waals surface area contributed by atoms with Crippen LogP contribution < -0.4 is 14.8 Å². The first-order valence-corrected chi connectivity index (χ1v) is 12.2. The third-order valence-electron chi connectivity index (χ3n) is 5.90. The van der Waals surface area contributed by atoms with Crippen LogP contribution in [0.1, 0.15) is 34.0 Å². The van der Waals surface area contributed by atoms with Crippen LogP contribution in [0.5, 0.6) is 17.2 Å². The van der Waals surface area contributed by atoms with Crippen LogP contribution in [-0.2, 0) is 24.5 Å². The van der Waals surface area contributed by atoms with E-state index in [1.807, 2.05) is 48.5 Å². The first-order chi connectivity index (χ1) is 18.4. The highest BCUT2D eigenvalue weighted by atomic mass is 16.5. The van der Waals surface area contributed by atoms with Gasteiger partial charge in [0.15, 0.2) is 0 Å². The maximum absolute atomic E-state index is 13.4. The van der Waals surface area contributed by atoms with Crippen molar-refractivity contribution in [3.63, 3.8) is 0 Å². The molecule has 0 bridgehead atoms. The highest BCUT2D eigenvalue weighted by Crippen LogP contribution is 2.25. The van der Waals surface area contributed by atoms with Gasteiger partial charge in [0.05, 0.1) is 7.11 Å². The molecule has 0 saturated heterocycles. The Kier molecular flexibility index (Phi) is 8.61. The Morgan fingerprint density at radius 3 is 2.18 bits per heavy atom. The van der Waals surface area contributed by atoms with Crippen molar-refractivity contribution < 1.29 is 24.2 Å². The number of carbonyl (C=O) groups excluding carboxylic acids is 2. The van der Waals surface area contributed by atoms with Gasteiger partial charge in [0.25, 0.3) is 5.91 Å². The molecule has 7 heteroatoms. The van der Waals surface area contributed by atoms with E-state index < -0.39 is 0 Å². The second-order valence-corrected chi connectivity index (χ2v) is 8.83. The first-order valence-electron chi connectivity index (χ1n) is 12.2. The summed E-state index contributed by atoms with van der Waals surface area (Å²) in [5.74, 6) is 1.18. The lowest BCUT2D eigenvalue weighted by atomic mass is 10.1. The van der Waals surface area contributed by atoms with Crippen molar-refractivity contribution in [1.82, 2.24) is 4.90 Å². The van der Waals surface area contributed by atoms with Gasteiger partial charge < -0.3 is 24.8 Å². The van der Waals surface area contributed by atoms with Crippen LogP contribution >= 0.6 is 0 Å². The number of hydrogen-bond donors (Lipinski definition) is 2. The largest absolute Gasteiger partial charge is 0.508 e. The number of amides is 2. The van der Waals surface area contributed by atoms with E-state index in [4.69, 9.17) is 9.47 Å². The van der Waals surface area contributed by atoms with Crippen LogP contribution in [0.4, 0.5) is 5.69 Å². The molecule has 0 saturated carbocycles. The zero-order valence-corrected chi connectivity index (χ0v) is 21.4. The van der Waals surface area contributed by atoms with Gasteiger partial charge in [-0.25, -0.2) is 0 Å². The van der Waals surface area contributed by atoms with Crippen molar-refractivity contribution >= 4 is 17.5 Å². The van der Waals surface area contributed by atoms with Gasteiger partial charge in [0, 0.05) is 36.8 Å². The van der Waals surface area contributed by atoms with Gasteiger partial charge >= 0.3 is 0 Å². The fourth-order valence-corrected chi connectivity index (χ4v) is 4.05. The summed E-state index contributed by atoms with van der Waals surface area (Å²) < 4.78 is 11.5. The van der Waals surface area contributed by atoms with E-state index in [9.17, 15) is 14.7 Å². The fraction of sp³-hybridized carbons (Fsp3) is 0.161. The number of phenols is 1. The molecule has 0 aromatic heterocycles. The number of anilines is 1. The Morgan fingerprint density at radius 2 is 1.53 bits per heavy atom. The molecule has 0 fully saturated rings. The topological polar surface area (TPSA) is 88.1 Å². The van der Waals surface area contributed by atoms with E-state index in [0.29, 0.717) is 35.8 Å². The lowest BCUT2D eigenvalue weighted by molar-refractivity contribution is -0.114. The van der Waals surface area contributed by atoms with E-state index in [-0.39, 0.29) is 24.2 Å². The molecule has 0 atom stereocenters. The third-order valence-corrected chi connectivity index (χ3v) is 5.90. The van der Waals surface area contributed by atoms with Crippen molar-refractivity contribution in [3.05, 3.63) is 119 Å². The molecule has 0 unspecified atom stereocenters. The summed E-state index contributed by atoms with van der Waals surface area (Å²) in [5.41, 5.74) is 3.97. The SMILES string of the molecule is COc1ccc(CN(Cc2ccccc2)C(=O)c2ccc(O)cc2)cc1COc1ccc(NC(C)=O)cc1. The van der Waals surface area contributed by atoms with Gasteiger partial charge in [-0.1, -0.05) is 36.4 Å². The molecule has 4 rings (SSSR count). The minimum Gasteiger partial charge on any atom is -0.508 e. The van der Waals surface area contributed by atoms with Gasteiger partial charge in [0.2, 0.25) is 5.91 Å². The van der Waals surface area contributed by atoms with Crippen LogP contribution in [0.25, 0.3) is 0 Å². The number of methoxy groups -OCH3 is 1. The zero-order chi connectivity index (χ0) is 26.9. The Bertz CT molecular complexity index is 1370. The maximum atomic E-state index is 13.4.